The van der Waals surface area contributed by atoms with Crippen molar-refractivity contribution in [1.82, 2.24) is 0 Å². The van der Waals surface area contributed by atoms with E-state index in [9.17, 15) is 0 Å². The Bertz CT molecular complexity index is 139. The van der Waals surface area contributed by atoms with Crippen molar-refractivity contribution in [2.75, 3.05) is 0 Å². The monoisotopic (exact) mass is 187 g/mol. The van der Waals surface area contributed by atoms with Gasteiger partial charge in [-0.1, -0.05) is 33.6 Å². The van der Waals surface area contributed by atoms with E-state index < -0.39 is 0 Å². The molecule has 1 aliphatic carbocycles. The van der Waals surface area contributed by atoms with E-state index in [0.717, 1.165) is 0 Å². The van der Waals surface area contributed by atoms with Gasteiger partial charge in [0.2, 0.25) is 0 Å². The van der Waals surface area contributed by atoms with Gasteiger partial charge < -0.3 is 5.73 Å². The van der Waals surface area contributed by atoms with Crippen LogP contribution >= 0.6 is 11.8 Å². The van der Waals surface area contributed by atoms with Crippen molar-refractivity contribution in [3.63, 3.8) is 0 Å². The summed E-state index contributed by atoms with van der Waals surface area (Å²) >= 11 is 2.06. The van der Waals surface area contributed by atoms with E-state index in [0.29, 0.717) is 16.0 Å². The Morgan fingerprint density at radius 3 is 2.25 bits per heavy atom. The van der Waals surface area contributed by atoms with Gasteiger partial charge in [-0.15, -0.1) is 0 Å². The largest absolute Gasteiger partial charge is 0.327 e. The van der Waals surface area contributed by atoms with Gasteiger partial charge in [-0.25, -0.2) is 0 Å². The molecule has 1 aliphatic rings. The van der Waals surface area contributed by atoms with E-state index in [1.807, 2.05) is 0 Å². The van der Waals surface area contributed by atoms with Crippen LogP contribution in [0.4, 0.5) is 0 Å². The van der Waals surface area contributed by atoms with E-state index >= 15 is 0 Å². The average molecular weight is 187 g/mol. The summed E-state index contributed by atoms with van der Waals surface area (Å²) in [6, 6.07) is 0.447. The van der Waals surface area contributed by atoms with Crippen LogP contribution in [0.3, 0.4) is 0 Å². The molecule has 0 amide bonds. The summed E-state index contributed by atoms with van der Waals surface area (Å²) in [5, 5.41) is 0.707. The Hall–Kier alpha value is 0.310. The molecule has 2 N–H and O–H groups in total. The van der Waals surface area contributed by atoms with E-state index in [4.69, 9.17) is 5.73 Å². The molecule has 1 fully saturated rings. The summed E-state index contributed by atoms with van der Waals surface area (Å²) in [5.74, 6) is 0. The van der Waals surface area contributed by atoms with Crippen LogP contribution in [0, 0.1) is 0 Å². The highest BCUT2D eigenvalue weighted by molar-refractivity contribution is 8.01. The Morgan fingerprint density at radius 2 is 1.75 bits per heavy atom. The van der Waals surface area contributed by atoms with Gasteiger partial charge in [-0.2, -0.15) is 11.8 Å². The second kappa shape index (κ2) is 4.01. The van der Waals surface area contributed by atoms with Gasteiger partial charge in [0.15, 0.2) is 0 Å². The second-order valence-electron chi connectivity index (χ2n) is 4.72. The smallest absolute Gasteiger partial charge is 0.0204 e. The lowest BCUT2D eigenvalue weighted by atomic mass is 9.96. The fourth-order valence-corrected chi connectivity index (χ4v) is 3.23. The Balaban J connectivity index is 2.39. The minimum atomic E-state index is 0.375. The topological polar surface area (TPSA) is 26.0 Å². The van der Waals surface area contributed by atoms with Gasteiger partial charge in [0.05, 0.1) is 0 Å². The molecule has 0 bridgehead atoms. The molecule has 1 rings (SSSR count). The molecule has 2 atom stereocenters. The molecular formula is C10H21NS. The van der Waals surface area contributed by atoms with E-state index in [1.165, 1.54) is 25.7 Å². The third-order valence-corrected chi connectivity index (χ3v) is 3.85. The summed E-state index contributed by atoms with van der Waals surface area (Å²) < 4.78 is 0.375. The lowest BCUT2D eigenvalue weighted by molar-refractivity contribution is 0.451. The third kappa shape index (κ3) is 3.36. The predicted molar refractivity (Wildman–Crippen MR) is 57.6 cm³/mol. The molecule has 0 aliphatic heterocycles. The van der Waals surface area contributed by atoms with Crippen LogP contribution < -0.4 is 5.73 Å². The fourth-order valence-electron chi connectivity index (χ4n) is 1.73. The molecule has 0 aromatic carbocycles. The molecular weight excluding hydrogens is 166 g/mol. The molecule has 0 spiro atoms. The van der Waals surface area contributed by atoms with Crippen LogP contribution in [0.15, 0.2) is 0 Å². The average Bonchev–Trinajstić information content (AvgIpc) is 1.91. The van der Waals surface area contributed by atoms with Gasteiger partial charge in [-0.05, 0) is 12.8 Å². The standard InChI is InChI=1S/C10H21NS/c1-10(2,3)12-9-7-5-4-6-8(9)11/h8-9H,4-7,11H2,1-3H3/t8-,9-/m0/s1. The molecule has 0 unspecified atom stereocenters. The van der Waals surface area contributed by atoms with Crippen LogP contribution in [0.2, 0.25) is 0 Å². The first-order valence-electron chi connectivity index (χ1n) is 4.92. The van der Waals surface area contributed by atoms with Crippen LogP contribution in [0.5, 0.6) is 0 Å². The summed E-state index contributed by atoms with van der Waals surface area (Å²) in [5.41, 5.74) is 6.07. The molecule has 0 aromatic rings. The highest BCUT2D eigenvalue weighted by atomic mass is 32.2. The van der Waals surface area contributed by atoms with Gasteiger partial charge in [0, 0.05) is 16.0 Å². The minimum Gasteiger partial charge on any atom is -0.327 e. The molecule has 1 nitrogen and oxygen atoms in total. The lowest BCUT2D eigenvalue weighted by Gasteiger charge is -2.33. The van der Waals surface area contributed by atoms with Gasteiger partial charge in [0.1, 0.15) is 0 Å². The number of thioether (sulfide) groups is 1. The molecule has 1 saturated carbocycles. The highest BCUT2D eigenvalue weighted by Crippen LogP contribution is 2.35. The zero-order valence-electron chi connectivity index (χ0n) is 8.47. The Morgan fingerprint density at radius 1 is 1.17 bits per heavy atom. The van der Waals surface area contributed by atoms with Crippen molar-refractivity contribution in [2.24, 2.45) is 5.73 Å². The zero-order chi connectivity index (χ0) is 9.19. The summed E-state index contributed by atoms with van der Waals surface area (Å²) in [6.07, 6.45) is 5.26. The van der Waals surface area contributed by atoms with Crippen LogP contribution in [0.1, 0.15) is 46.5 Å². The first-order chi connectivity index (χ1) is 5.49. The molecule has 12 heavy (non-hydrogen) atoms. The van der Waals surface area contributed by atoms with Gasteiger partial charge in [-0.3, -0.25) is 0 Å². The quantitative estimate of drug-likeness (QED) is 0.683. The van der Waals surface area contributed by atoms with Crippen molar-refractivity contribution in [3.8, 4) is 0 Å². The van der Waals surface area contributed by atoms with Crippen molar-refractivity contribution in [1.29, 1.82) is 0 Å². The lowest BCUT2D eigenvalue weighted by Crippen LogP contribution is -2.37. The number of hydrogen-bond donors (Lipinski definition) is 1. The summed E-state index contributed by atoms with van der Waals surface area (Å²) in [6.45, 7) is 6.83. The predicted octanol–water partition coefficient (Wildman–Crippen LogP) is 2.79. The normalized spacial score (nSPS) is 32.0. The van der Waals surface area contributed by atoms with E-state index in [1.54, 1.807) is 0 Å². The van der Waals surface area contributed by atoms with Crippen molar-refractivity contribution in [3.05, 3.63) is 0 Å². The highest BCUT2D eigenvalue weighted by Gasteiger charge is 2.26. The maximum absolute atomic E-state index is 6.07. The minimum absolute atomic E-state index is 0.375. The van der Waals surface area contributed by atoms with Crippen molar-refractivity contribution >= 4 is 11.8 Å². The maximum atomic E-state index is 6.07. The van der Waals surface area contributed by atoms with E-state index in [-0.39, 0.29) is 0 Å². The third-order valence-electron chi connectivity index (χ3n) is 2.26. The van der Waals surface area contributed by atoms with Crippen LogP contribution in [0.25, 0.3) is 0 Å². The van der Waals surface area contributed by atoms with Crippen molar-refractivity contribution in [2.45, 2.75) is 62.5 Å². The molecule has 0 heterocycles. The number of nitrogens with two attached hydrogens (primary N) is 1. The van der Waals surface area contributed by atoms with E-state index in [2.05, 4.69) is 32.5 Å². The second-order valence-corrected chi connectivity index (χ2v) is 6.78. The fraction of sp³-hybridized carbons (Fsp3) is 1.00. The Kier molecular flexibility index (Phi) is 3.47. The Labute approximate surface area is 80.5 Å². The number of rotatable bonds is 1. The summed E-state index contributed by atoms with van der Waals surface area (Å²) in [7, 11) is 0. The SMILES string of the molecule is CC(C)(C)S[C@H]1CCCC[C@@H]1N. The first kappa shape index (κ1) is 10.4. The molecule has 0 radical (unpaired) electrons. The molecule has 0 aromatic heterocycles. The van der Waals surface area contributed by atoms with Crippen LogP contribution in [-0.4, -0.2) is 16.0 Å². The van der Waals surface area contributed by atoms with Gasteiger partial charge >= 0.3 is 0 Å². The van der Waals surface area contributed by atoms with Crippen LogP contribution in [-0.2, 0) is 0 Å². The maximum Gasteiger partial charge on any atom is 0.0204 e. The van der Waals surface area contributed by atoms with Crippen molar-refractivity contribution < 1.29 is 0 Å². The zero-order valence-corrected chi connectivity index (χ0v) is 9.29. The molecule has 72 valence electrons. The summed E-state index contributed by atoms with van der Waals surface area (Å²) in [4.78, 5) is 0. The van der Waals surface area contributed by atoms with Gasteiger partial charge in [0.25, 0.3) is 0 Å². The molecule has 0 saturated heterocycles. The first-order valence-corrected chi connectivity index (χ1v) is 5.80. The number of hydrogen-bond acceptors (Lipinski definition) is 2. The molecule has 2 heteroatoms.